The Morgan fingerprint density at radius 3 is 2.67 bits per heavy atom. The molecule has 4 nitrogen and oxygen atoms in total. The number of aliphatic carboxylic acids is 1. The van der Waals surface area contributed by atoms with E-state index in [2.05, 4.69) is 0 Å². The molecule has 0 radical (unpaired) electrons. The molecule has 0 spiro atoms. The maximum Gasteiger partial charge on any atom is 0.315 e. The van der Waals surface area contributed by atoms with E-state index >= 15 is 0 Å². The van der Waals surface area contributed by atoms with Crippen LogP contribution in [0.15, 0.2) is 24.3 Å². The molecule has 3 atom stereocenters. The van der Waals surface area contributed by atoms with Crippen LogP contribution in [0.5, 0.6) is 0 Å². The number of fused-ring (bicyclic) bond motifs is 1. The molecule has 0 saturated carbocycles. The third-order valence-corrected chi connectivity index (χ3v) is 3.39. The van der Waals surface area contributed by atoms with Gasteiger partial charge in [0.25, 0.3) is 0 Å². The summed E-state index contributed by atoms with van der Waals surface area (Å²) in [5.74, 6) is -1.16. The Morgan fingerprint density at radius 2 is 2.27 bits per heavy atom. The highest BCUT2D eigenvalue weighted by atomic mass is 16.4. The minimum absolute atomic E-state index is 0.0825. The zero-order valence-electron chi connectivity index (χ0n) is 8.05. The van der Waals surface area contributed by atoms with Gasteiger partial charge in [0.1, 0.15) is 10.8 Å². The molecular formula is C11H11NO3. The fourth-order valence-electron chi connectivity index (χ4n) is 2.31. The second-order valence-electron chi connectivity index (χ2n) is 4.10. The van der Waals surface area contributed by atoms with E-state index in [1.807, 2.05) is 6.07 Å². The zero-order valence-corrected chi connectivity index (χ0v) is 8.05. The number of carboxylic acids is 1. The average molecular weight is 205 g/mol. The van der Waals surface area contributed by atoms with Crippen molar-refractivity contribution in [2.45, 2.75) is 6.42 Å². The Hall–Kier alpha value is -1.60. The van der Waals surface area contributed by atoms with E-state index in [-0.39, 0.29) is 12.5 Å². The van der Waals surface area contributed by atoms with Crippen molar-refractivity contribution in [2.24, 2.45) is 16.7 Å². The normalized spacial score (nSPS) is 41.5. The lowest BCUT2D eigenvalue weighted by Crippen LogP contribution is -2.52. The van der Waals surface area contributed by atoms with Gasteiger partial charge in [-0.1, -0.05) is 24.3 Å². The summed E-state index contributed by atoms with van der Waals surface area (Å²) in [4.78, 5) is 11.2. The van der Waals surface area contributed by atoms with E-state index < -0.39 is 16.8 Å². The van der Waals surface area contributed by atoms with Crippen molar-refractivity contribution in [3.63, 3.8) is 0 Å². The summed E-state index contributed by atoms with van der Waals surface area (Å²) >= 11 is 0. The van der Waals surface area contributed by atoms with Crippen LogP contribution >= 0.6 is 0 Å². The number of hydrogen-bond donors (Lipinski definition) is 2. The lowest BCUT2D eigenvalue weighted by atomic mass is 9.51. The molecule has 15 heavy (non-hydrogen) atoms. The number of carboxylic acid groups (broad SMARTS) is 1. The van der Waals surface area contributed by atoms with Crippen LogP contribution in [-0.4, -0.2) is 22.8 Å². The molecule has 0 fully saturated rings. The Morgan fingerprint density at radius 1 is 1.53 bits per heavy atom. The molecule has 0 aromatic carbocycles. The summed E-state index contributed by atoms with van der Waals surface area (Å²) in [6.07, 6.45) is 6.80. The predicted molar refractivity (Wildman–Crippen MR) is 51.6 cm³/mol. The highest BCUT2D eigenvalue weighted by molar-refractivity contribution is 5.83. The average Bonchev–Trinajstić information content (AvgIpc) is 2.20. The van der Waals surface area contributed by atoms with Gasteiger partial charge in [-0.3, -0.25) is 4.79 Å². The first-order valence-electron chi connectivity index (χ1n) is 4.75. The lowest BCUT2D eigenvalue weighted by molar-refractivity contribution is -0.152. The molecule has 2 rings (SSSR count). The number of nitrogens with zero attached hydrogens (tertiary/aromatic N) is 1. The van der Waals surface area contributed by atoms with Crippen LogP contribution in [0.25, 0.3) is 0 Å². The number of aliphatic hydroxyl groups is 1. The summed E-state index contributed by atoms with van der Waals surface area (Å²) in [5, 5.41) is 27.3. The van der Waals surface area contributed by atoms with Gasteiger partial charge in [0.05, 0.1) is 6.07 Å². The molecule has 4 heteroatoms. The first-order chi connectivity index (χ1) is 7.10. The SMILES string of the molecule is N#CC12C=CC(CO)CC1(C(=O)O)C=C2. The lowest BCUT2D eigenvalue weighted by Gasteiger charge is -2.48. The molecule has 0 aliphatic heterocycles. The number of nitriles is 1. The highest BCUT2D eigenvalue weighted by Crippen LogP contribution is 2.57. The second-order valence-corrected chi connectivity index (χ2v) is 4.10. The van der Waals surface area contributed by atoms with Crippen LogP contribution in [0.2, 0.25) is 0 Å². The van der Waals surface area contributed by atoms with Gasteiger partial charge in [-0.15, -0.1) is 0 Å². The van der Waals surface area contributed by atoms with Crippen molar-refractivity contribution in [3.05, 3.63) is 24.3 Å². The van der Waals surface area contributed by atoms with E-state index in [0.717, 1.165) is 0 Å². The molecular weight excluding hydrogens is 194 g/mol. The fraction of sp³-hybridized carbons (Fsp3) is 0.455. The van der Waals surface area contributed by atoms with Gasteiger partial charge in [0.15, 0.2) is 0 Å². The largest absolute Gasteiger partial charge is 0.481 e. The monoisotopic (exact) mass is 205 g/mol. The van der Waals surface area contributed by atoms with Crippen molar-refractivity contribution in [1.29, 1.82) is 5.26 Å². The van der Waals surface area contributed by atoms with Crippen molar-refractivity contribution in [3.8, 4) is 6.07 Å². The van der Waals surface area contributed by atoms with Gasteiger partial charge in [-0.25, -0.2) is 0 Å². The number of allylic oxidation sites excluding steroid dienone is 2. The summed E-state index contributed by atoms with van der Waals surface area (Å²) in [7, 11) is 0. The number of aliphatic hydroxyl groups excluding tert-OH is 1. The molecule has 0 amide bonds. The first-order valence-corrected chi connectivity index (χ1v) is 4.75. The number of hydrogen-bond acceptors (Lipinski definition) is 3. The van der Waals surface area contributed by atoms with Crippen LogP contribution in [-0.2, 0) is 4.79 Å². The standard InChI is InChI=1S/C11H11NO3/c12-7-10-2-1-8(6-13)5-11(10,4-3-10)9(14)15/h1-4,8,13H,5-6H2,(H,14,15). The third kappa shape index (κ3) is 1.01. The van der Waals surface area contributed by atoms with Crippen LogP contribution in [0, 0.1) is 28.1 Å². The maximum absolute atomic E-state index is 11.2. The maximum atomic E-state index is 11.2. The molecule has 78 valence electrons. The van der Waals surface area contributed by atoms with Gasteiger partial charge in [0, 0.05) is 12.5 Å². The Labute approximate surface area is 87.1 Å². The van der Waals surface area contributed by atoms with Crippen LogP contribution < -0.4 is 0 Å². The summed E-state index contributed by atoms with van der Waals surface area (Å²) in [6.45, 7) is -0.0825. The van der Waals surface area contributed by atoms with Crippen molar-refractivity contribution in [2.75, 3.05) is 6.61 Å². The molecule has 2 aliphatic rings. The smallest absolute Gasteiger partial charge is 0.315 e. The molecule has 0 bridgehead atoms. The Bertz CT molecular complexity index is 407. The minimum Gasteiger partial charge on any atom is -0.481 e. The van der Waals surface area contributed by atoms with Crippen molar-refractivity contribution < 1.29 is 15.0 Å². The van der Waals surface area contributed by atoms with E-state index in [9.17, 15) is 9.90 Å². The summed E-state index contributed by atoms with van der Waals surface area (Å²) in [6, 6.07) is 2.05. The van der Waals surface area contributed by atoms with Gasteiger partial charge >= 0.3 is 5.97 Å². The Balaban J connectivity index is 2.46. The third-order valence-electron chi connectivity index (χ3n) is 3.39. The van der Waals surface area contributed by atoms with Crippen molar-refractivity contribution in [1.82, 2.24) is 0 Å². The van der Waals surface area contributed by atoms with Gasteiger partial charge in [0.2, 0.25) is 0 Å². The summed E-state index contributed by atoms with van der Waals surface area (Å²) < 4.78 is 0. The molecule has 0 aromatic rings. The second kappa shape index (κ2) is 2.94. The van der Waals surface area contributed by atoms with E-state index in [1.165, 1.54) is 0 Å². The number of carbonyl (C=O) groups is 1. The van der Waals surface area contributed by atoms with Gasteiger partial charge < -0.3 is 10.2 Å². The zero-order chi connectivity index (χ0) is 11.1. The minimum atomic E-state index is -1.14. The fourth-order valence-corrected chi connectivity index (χ4v) is 2.31. The molecule has 0 aromatic heterocycles. The molecule has 3 unspecified atom stereocenters. The van der Waals surface area contributed by atoms with Crippen LogP contribution in [0.1, 0.15) is 6.42 Å². The van der Waals surface area contributed by atoms with E-state index in [0.29, 0.717) is 6.42 Å². The summed E-state index contributed by atoms with van der Waals surface area (Å²) in [5.41, 5.74) is -2.14. The molecule has 2 N–H and O–H groups in total. The van der Waals surface area contributed by atoms with Crippen LogP contribution in [0.3, 0.4) is 0 Å². The van der Waals surface area contributed by atoms with Crippen LogP contribution in [0.4, 0.5) is 0 Å². The molecule has 2 aliphatic carbocycles. The van der Waals surface area contributed by atoms with Crippen molar-refractivity contribution >= 4 is 5.97 Å². The first kappa shape index (κ1) is 9.94. The Kier molecular flexibility index (Phi) is 1.95. The topological polar surface area (TPSA) is 81.3 Å². The predicted octanol–water partition coefficient (Wildman–Crippen LogP) is 0.706. The van der Waals surface area contributed by atoms with E-state index in [1.54, 1.807) is 24.3 Å². The van der Waals surface area contributed by atoms with E-state index in [4.69, 9.17) is 10.4 Å². The molecule has 0 heterocycles. The van der Waals surface area contributed by atoms with Gasteiger partial charge in [-0.2, -0.15) is 5.26 Å². The molecule has 0 saturated heterocycles. The quantitative estimate of drug-likeness (QED) is 0.650. The van der Waals surface area contributed by atoms with Gasteiger partial charge in [-0.05, 0) is 6.42 Å². The number of rotatable bonds is 2. The highest BCUT2D eigenvalue weighted by Gasteiger charge is 2.60.